The average Bonchev–Trinajstić information content (AvgIpc) is 2.49. The Hall–Kier alpha value is -2.56. The van der Waals surface area contributed by atoms with Gasteiger partial charge >= 0.3 is 0 Å². The van der Waals surface area contributed by atoms with Crippen LogP contribution in [0.3, 0.4) is 0 Å². The van der Waals surface area contributed by atoms with Crippen molar-refractivity contribution in [1.82, 2.24) is 4.98 Å². The SMILES string of the molecule is O=C(Nc1ncccc1O)C1CCNc2ccccc21. The zero-order chi connectivity index (χ0) is 13.9. The standard InChI is InChI=1S/C15H15N3O2/c19-13-6-3-8-17-14(13)18-15(20)11-7-9-16-12-5-2-1-4-10(11)12/h1-6,8,11,16,19H,7,9H2,(H,17,18,20). The number of aromatic nitrogens is 1. The minimum Gasteiger partial charge on any atom is -0.504 e. The number of aromatic hydroxyl groups is 1. The molecule has 1 aromatic carbocycles. The van der Waals surface area contributed by atoms with Crippen molar-refractivity contribution < 1.29 is 9.90 Å². The number of rotatable bonds is 2. The molecule has 1 aliphatic heterocycles. The van der Waals surface area contributed by atoms with Gasteiger partial charge in [0.1, 0.15) is 0 Å². The van der Waals surface area contributed by atoms with Gasteiger partial charge in [-0.1, -0.05) is 18.2 Å². The number of para-hydroxylation sites is 1. The Morgan fingerprint density at radius 2 is 2.15 bits per heavy atom. The Balaban J connectivity index is 1.84. The first-order chi connectivity index (χ1) is 9.75. The van der Waals surface area contributed by atoms with Crippen LogP contribution in [0, 0.1) is 0 Å². The summed E-state index contributed by atoms with van der Waals surface area (Å²) in [6, 6.07) is 10.9. The number of anilines is 2. The number of benzene rings is 1. The highest BCUT2D eigenvalue weighted by Gasteiger charge is 2.26. The van der Waals surface area contributed by atoms with Gasteiger partial charge in [-0.3, -0.25) is 4.79 Å². The van der Waals surface area contributed by atoms with E-state index >= 15 is 0 Å². The molecule has 0 spiro atoms. The quantitative estimate of drug-likeness (QED) is 0.782. The van der Waals surface area contributed by atoms with E-state index in [9.17, 15) is 9.90 Å². The molecule has 1 amide bonds. The molecule has 0 bridgehead atoms. The number of amides is 1. The fourth-order valence-corrected chi connectivity index (χ4v) is 2.44. The van der Waals surface area contributed by atoms with Crippen molar-refractivity contribution in [2.75, 3.05) is 17.2 Å². The molecule has 3 rings (SSSR count). The van der Waals surface area contributed by atoms with Crippen molar-refractivity contribution in [3.63, 3.8) is 0 Å². The van der Waals surface area contributed by atoms with E-state index in [1.165, 1.54) is 12.3 Å². The van der Waals surface area contributed by atoms with Crippen LogP contribution in [0.2, 0.25) is 0 Å². The molecule has 1 aromatic heterocycles. The highest BCUT2D eigenvalue weighted by atomic mass is 16.3. The second-order valence-corrected chi connectivity index (χ2v) is 4.72. The first kappa shape index (κ1) is 12.5. The first-order valence-electron chi connectivity index (χ1n) is 6.53. The van der Waals surface area contributed by atoms with Crippen molar-refractivity contribution in [2.45, 2.75) is 12.3 Å². The van der Waals surface area contributed by atoms with Gasteiger partial charge in [-0.15, -0.1) is 0 Å². The molecule has 1 unspecified atom stereocenters. The molecule has 5 nitrogen and oxygen atoms in total. The fourth-order valence-electron chi connectivity index (χ4n) is 2.44. The van der Waals surface area contributed by atoms with Gasteiger partial charge in [-0.05, 0) is 30.2 Å². The molecule has 5 heteroatoms. The molecule has 2 heterocycles. The molecule has 0 aliphatic carbocycles. The molecule has 102 valence electrons. The summed E-state index contributed by atoms with van der Waals surface area (Å²) in [4.78, 5) is 16.4. The average molecular weight is 269 g/mol. The van der Waals surface area contributed by atoms with E-state index in [4.69, 9.17) is 0 Å². The predicted octanol–water partition coefficient (Wildman–Crippen LogP) is 2.33. The van der Waals surface area contributed by atoms with Gasteiger partial charge in [0.25, 0.3) is 0 Å². The van der Waals surface area contributed by atoms with Crippen LogP contribution in [-0.4, -0.2) is 22.5 Å². The van der Waals surface area contributed by atoms with Crippen LogP contribution in [0.5, 0.6) is 5.75 Å². The largest absolute Gasteiger partial charge is 0.504 e. The van der Waals surface area contributed by atoms with Crippen LogP contribution in [0.15, 0.2) is 42.6 Å². The Morgan fingerprint density at radius 1 is 1.30 bits per heavy atom. The lowest BCUT2D eigenvalue weighted by Gasteiger charge is -2.25. The third kappa shape index (κ3) is 2.30. The van der Waals surface area contributed by atoms with E-state index in [0.717, 1.165) is 24.2 Å². The summed E-state index contributed by atoms with van der Waals surface area (Å²) in [6.07, 6.45) is 2.25. The van der Waals surface area contributed by atoms with Gasteiger partial charge in [0, 0.05) is 18.4 Å². The van der Waals surface area contributed by atoms with Crippen molar-refractivity contribution in [3.05, 3.63) is 48.2 Å². The highest BCUT2D eigenvalue weighted by molar-refractivity contribution is 5.97. The fraction of sp³-hybridized carbons (Fsp3) is 0.200. The Bertz CT molecular complexity index is 643. The maximum absolute atomic E-state index is 12.4. The van der Waals surface area contributed by atoms with Crippen LogP contribution >= 0.6 is 0 Å². The second kappa shape index (κ2) is 5.21. The third-order valence-electron chi connectivity index (χ3n) is 3.43. The molecule has 1 atom stereocenters. The first-order valence-corrected chi connectivity index (χ1v) is 6.53. The van der Waals surface area contributed by atoms with Crippen LogP contribution in [0.1, 0.15) is 17.9 Å². The van der Waals surface area contributed by atoms with E-state index in [-0.39, 0.29) is 23.4 Å². The molecular weight excluding hydrogens is 254 g/mol. The summed E-state index contributed by atoms with van der Waals surface area (Å²) >= 11 is 0. The van der Waals surface area contributed by atoms with Gasteiger partial charge in [0.05, 0.1) is 5.92 Å². The van der Waals surface area contributed by atoms with Crippen LogP contribution in [0.25, 0.3) is 0 Å². The molecule has 0 radical (unpaired) electrons. The molecule has 3 N–H and O–H groups in total. The third-order valence-corrected chi connectivity index (χ3v) is 3.43. The highest BCUT2D eigenvalue weighted by Crippen LogP contribution is 2.32. The van der Waals surface area contributed by atoms with Crippen molar-refractivity contribution in [1.29, 1.82) is 0 Å². The smallest absolute Gasteiger partial charge is 0.233 e. The molecule has 0 saturated heterocycles. The molecule has 2 aromatic rings. The second-order valence-electron chi connectivity index (χ2n) is 4.72. The van der Waals surface area contributed by atoms with E-state index in [1.54, 1.807) is 6.07 Å². The number of hydrogen-bond donors (Lipinski definition) is 3. The minimum atomic E-state index is -0.228. The number of carbonyl (C=O) groups excluding carboxylic acids is 1. The minimum absolute atomic E-state index is 0.0249. The summed E-state index contributed by atoms with van der Waals surface area (Å²) in [7, 11) is 0. The van der Waals surface area contributed by atoms with Gasteiger partial charge in [0.2, 0.25) is 5.91 Å². The number of carbonyl (C=O) groups is 1. The normalized spacial score (nSPS) is 16.9. The van der Waals surface area contributed by atoms with Crippen LogP contribution in [-0.2, 0) is 4.79 Å². The van der Waals surface area contributed by atoms with Crippen molar-refractivity contribution in [2.24, 2.45) is 0 Å². The lowest BCUT2D eigenvalue weighted by atomic mass is 9.90. The van der Waals surface area contributed by atoms with Crippen LogP contribution < -0.4 is 10.6 Å². The summed E-state index contributed by atoms with van der Waals surface area (Å²) in [6.45, 7) is 0.753. The monoisotopic (exact) mass is 269 g/mol. The van der Waals surface area contributed by atoms with Crippen molar-refractivity contribution >= 4 is 17.4 Å². The number of hydrogen-bond acceptors (Lipinski definition) is 4. The summed E-state index contributed by atoms with van der Waals surface area (Å²) in [5.41, 5.74) is 1.97. The molecule has 0 saturated carbocycles. The molecule has 0 fully saturated rings. The Kier molecular flexibility index (Phi) is 3.25. The lowest BCUT2D eigenvalue weighted by Crippen LogP contribution is -2.27. The Morgan fingerprint density at radius 3 is 3.00 bits per heavy atom. The zero-order valence-corrected chi connectivity index (χ0v) is 10.8. The summed E-state index contributed by atoms with van der Waals surface area (Å²) < 4.78 is 0. The van der Waals surface area contributed by atoms with E-state index in [1.807, 2.05) is 24.3 Å². The number of nitrogens with one attached hydrogen (secondary N) is 2. The number of pyridine rings is 1. The molecule has 20 heavy (non-hydrogen) atoms. The number of fused-ring (bicyclic) bond motifs is 1. The maximum atomic E-state index is 12.4. The summed E-state index contributed by atoms with van der Waals surface area (Å²) in [5, 5.41) is 15.6. The zero-order valence-electron chi connectivity index (χ0n) is 10.8. The number of nitrogens with zero attached hydrogens (tertiary/aromatic N) is 1. The van der Waals surface area contributed by atoms with Gasteiger partial charge in [-0.25, -0.2) is 4.98 Å². The van der Waals surface area contributed by atoms with Crippen LogP contribution in [0.4, 0.5) is 11.5 Å². The van der Waals surface area contributed by atoms with Gasteiger partial charge < -0.3 is 15.7 Å². The Labute approximate surface area is 116 Å². The molecule has 1 aliphatic rings. The van der Waals surface area contributed by atoms with Gasteiger partial charge in [-0.2, -0.15) is 0 Å². The van der Waals surface area contributed by atoms with Crippen molar-refractivity contribution in [3.8, 4) is 5.75 Å². The van der Waals surface area contributed by atoms with E-state index in [0.29, 0.717) is 0 Å². The predicted molar refractivity (Wildman–Crippen MR) is 76.8 cm³/mol. The molecular formula is C15H15N3O2. The topological polar surface area (TPSA) is 74.2 Å². The van der Waals surface area contributed by atoms with E-state index in [2.05, 4.69) is 15.6 Å². The van der Waals surface area contributed by atoms with E-state index < -0.39 is 0 Å². The van der Waals surface area contributed by atoms with Gasteiger partial charge in [0.15, 0.2) is 11.6 Å². The maximum Gasteiger partial charge on any atom is 0.233 e. The summed E-state index contributed by atoms with van der Waals surface area (Å²) in [5.74, 6) is -0.196. The lowest BCUT2D eigenvalue weighted by molar-refractivity contribution is -0.117.